The van der Waals surface area contributed by atoms with Crippen LogP contribution in [-0.2, 0) is 0 Å². The van der Waals surface area contributed by atoms with Crippen LogP contribution in [0, 0.1) is 17.5 Å². The largest absolute Gasteiger partial charge is 0.336 e. The number of nitrogens with zero attached hydrogens (tertiary/aromatic N) is 2. The third-order valence-electron chi connectivity index (χ3n) is 3.25. The SMILES string of the molecule is Cc1ccc(NC(=O)c2c[nH]c(=S)n2-c2ccc(F)cc2)nc1. The van der Waals surface area contributed by atoms with Crippen LogP contribution in [0.3, 0.4) is 0 Å². The molecule has 0 aliphatic carbocycles. The van der Waals surface area contributed by atoms with E-state index in [0.29, 0.717) is 22.0 Å². The van der Waals surface area contributed by atoms with Crippen LogP contribution in [0.5, 0.6) is 0 Å². The molecule has 2 N–H and O–H groups in total. The molecule has 1 amide bonds. The molecule has 0 saturated heterocycles. The predicted molar refractivity (Wildman–Crippen MR) is 87.8 cm³/mol. The molecule has 116 valence electrons. The zero-order valence-electron chi connectivity index (χ0n) is 12.2. The molecule has 1 aromatic carbocycles. The summed E-state index contributed by atoms with van der Waals surface area (Å²) in [6, 6.07) is 9.31. The maximum absolute atomic E-state index is 13.1. The summed E-state index contributed by atoms with van der Waals surface area (Å²) in [7, 11) is 0. The van der Waals surface area contributed by atoms with Gasteiger partial charge in [0.25, 0.3) is 5.91 Å². The summed E-state index contributed by atoms with van der Waals surface area (Å²) in [6.45, 7) is 1.91. The summed E-state index contributed by atoms with van der Waals surface area (Å²) >= 11 is 5.21. The molecule has 3 aromatic rings. The maximum atomic E-state index is 13.1. The second-order valence-electron chi connectivity index (χ2n) is 4.97. The van der Waals surface area contributed by atoms with Gasteiger partial charge in [0.2, 0.25) is 0 Å². The molecular weight excluding hydrogens is 315 g/mol. The van der Waals surface area contributed by atoms with Gasteiger partial charge in [-0.25, -0.2) is 9.37 Å². The van der Waals surface area contributed by atoms with Crippen LogP contribution < -0.4 is 5.32 Å². The van der Waals surface area contributed by atoms with Crippen molar-refractivity contribution in [3.05, 3.63) is 70.6 Å². The van der Waals surface area contributed by atoms with Gasteiger partial charge in [-0.3, -0.25) is 9.36 Å². The van der Waals surface area contributed by atoms with Gasteiger partial charge in [-0.05, 0) is 55.0 Å². The molecule has 0 atom stereocenters. The van der Waals surface area contributed by atoms with E-state index in [1.54, 1.807) is 24.4 Å². The van der Waals surface area contributed by atoms with Crippen LogP contribution in [0.4, 0.5) is 10.2 Å². The lowest BCUT2D eigenvalue weighted by atomic mass is 10.3. The molecule has 5 nitrogen and oxygen atoms in total. The van der Waals surface area contributed by atoms with Crippen molar-refractivity contribution >= 4 is 23.9 Å². The summed E-state index contributed by atoms with van der Waals surface area (Å²) in [5.41, 5.74) is 1.91. The smallest absolute Gasteiger partial charge is 0.275 e. The number of carbonyl (C=O) groups excluding carboxylic acids is 1. The zero-order chi connectivity index (χ0) is 16.4. The Morgan fingerprint density at radius 3 is 2.65 bits per heavy atom. The van der Waals surface area contributed by atoms with E-state index in [1.807, 2.05) is 13.0 Å². The van der Waals surface area contributed by atoms with Crippen LogP contribution in [-0.4, -0.2) is 20.4 Å². The number of aromatic amines is 1. The molecule has 0 radical (unpaired) electrons. The quantitative estimate of drug-likeness (QED) is 0.722. The summed E-state index contributed by atoms with van der Waals surface area (Å²) in [4.78, 5) is 19.4. The van der Waals surface area contributed by atoms with Crippen molar-refractivity contribution in [1.82, 2.24) is 14.5 Å². The fourth-order valence-electron chi connectivity index (χ4n) is 2.10. The number of halogens is 1. The first kappa shape index (κ1) is 15.1. The van der Waals surface area contributed by atoms with Gasteiger partial charge in [0.05, 0.1) is 0 Å². The van der Waals surface area contributed by atoms with Crippen LogP contribution in [0.2, 0.25) is 0 Å². The van der Waals surface area contributed by atoms with Gasteiger partial charge in [0, 0.05) is 18.1 Å². The molecule has 0 unspecified atom stereocenters. The lowest BCUT2D eigenvalue weighted by molar-refractivity contribution is 0.102. The molecule has 0 spiro atoms. The molecule has 0 fully saturated rings. The van der Waals surface area contributed by atoms with Crippen molar-refractivity contribution in [1.29, 1.82) is 0 Å². The van der Waals surface area contributed by atoms with Gasteiger partial charge in [-0.1, -0.05) is 6.07 Å². The highest BCUT2D eigenvalue weighted by atomic mass is 32.1. The van der Waals surface area contributed by atoms with Gasteiger partial charge in [-0.2, -0.15) is 0 Å². The lowest BCUT2D eigenvalue weighted by Gasteiger charge is -2.09. The van der Waals surface area contributed by atoms with E-state index in [9.17, 15) is 9.18 Å². The Morgan fingerprint density at radius 1 is 1.26 bits per heavy atom. The van der Waals surface area contributed by atoms with Crippen molar-refractivity contribution < 1.29 is 9.18 Å². The van der Waals surface area contributed by atoms with Gasteiger partial charge in [0.15, 0.2) is 4.77 Å². The number of carbonyl (C=O) groups is 1. The predicted octanol–water partition coefficient (Wildman–Crippen LogP) is 3.63. The number of hydrogen-bond acceptors (Lipinski definition) is 3. The van der Waals surface area contributed by atoms with E-state index in [2.05, 4.69) is 15.3 Å². The van der Waals surface area contributed by atoms with Crippen LogP contribution in [0.25, 0.3) is 5.69 Å². The van der Waals surface area contributed by atoms with E-state index in [0.717, 1.165) is 5.56 Å². The summed E-state index contributed by atoms with van der Waals surface area (Å²) in [5.74, 6) is -0.276. The standard InChI is InChI=1S/C16H13FN4OS/c1-10-2-7-14(18-8-10)20-15(22)13-9-19-16(23)21(13)12-5-3-11(17)4-6-12/h2-9H,1H3,(H,19,23)(H,18,20,22). The number of benzene rings is 1. The average Bonchev–Trinajstić information content (AvgIpc) is 2.92. The highest BCUT2D eigenvalue weighted by molar-refractivity contribution is 7.71. The summed E-state index contributed by atoms with van der Waals surface area (Å²) < 4.78 is 15.0. The third kappa shape index (κ3) is 3.19. The number of amides is 1. The first-order valence-corrected chi connectivity index (χ1v) is 7.26. The molecule has 7 heteroatoms. The normalized spacial score (nSPS) is 10.5. The summed E-state index contributed by atoms with van der Waals surface area (Å²) in [5, 5.41) is 2.71. The maximum Gasteiger partial charge on any atom is 0.275 e. The molecule has 0 aliphatic rings. The van der Waals surface area contributed by atoms with Gasteiger partial charge >= 0.3 is 0 Å². The number of imidazole rings is 1. The Balaban J connectivity index is 1.94. The highest BCUT2D eigenvalue weighted by Crippen LogP contribution is 2.15. The first-order valence-electron chi connectivity index (χ1n) is 6.85. The molecule has 0 saturated carbocycles. The molecular formula is C16H13FN4OS. The third-order valence-corrected chi connectivity index (χ3v) is 3.55. The Hall–Kier alpha value is -2.80. The molecule has 0 aliphatic heterocycles. The molecule has 23 heavy (non-hydrogen) atoms. The van der Waals surface area contributed by atoms with Crippen LogP contribution in [0.15, 0.2) is 48.8 Å². The topological polar surface area (TPSA) is 62.7 Å². The van der Waals surface area contributed by atoms with E-state index in [1.165, 1.54) is 22.9 Å². The number of anilines is 1. The van der Waals surface area contributed by atoms with Crippen molar-refractivity contribution in [3.63, 3.8) is 0 Å². The van der Waals surface area contributed by atoms with E-state index < -0.39 is 0 Å². The molecule has 0 bridgehead atoms. The number of aromatic nitrogens is 3. The minimum atomic E-state index is -0.363. The van der Waals surface area contributed by atoms with Crippen molar-refractivity contribution in [3.8, 4) is 5.69 Å². The number of aryl methyl sites for hydroxylation is 1. The number of H-pyrrole nitrogens is 1. The molecule has 3 rings (SSSR count). The second kappa shape index (κ2) is 6.13. The average molecular weight is 328 g/mol. The van der Waals surface area contributed by atoms with Crippen LogP contribution >= 0.6 is 12.2 Å². The van der Waals surface area contributed by atoms with Gasteiger partial charge in [0.1, 0.15) is 17.3 Å². The lowest BCUT2D eigenvalue weighted by Crippen LogP contribution is -2.17. The van der Waals surface area contributed by atoms with E-state index >= 15 is 0 Å². The number of rotatable bonds is 3. The Morgan fingerprint density at radius 2 is 2.00 bits per heavy atom. The molecule has 2 heterocycles. The minimum absolute atomic E-state index is 0.309. The van der Waals surface area contributed by atoms with Crippen molar-refractivity contribution in [2.75, 3.05) is 5.32 Å². The van der Waals surface area contributed by atoms with E-state index in [4.69, 9.17) is 12.2 Å². The monoisotopic (exact) mass is 328 g/mol. The van der Waals surface area contributed by atoms with Gasteiger partial charge in [-0.15, -0.1) is 0 Å². The fourth-order valence-corrected chi connectivity index (χ4v) is 2.37. The Labute approximate surface area is 136 Å². The van der Waals surface area contributed by atoms with Crippen LogP contribution in [0.1, 0.15) is 16.1 Å². The minimum Gasteiger partial charge on any atom is -0.336 e. The summed E-state index contributed by atoms with van der Waals surface area (Å²) in [6.07, 6.45) is 3.18. The van der Waals surface area contributed by atoms with Crippen molar-refractivity contribution in [2.24, 2.45) is 0 Å². The van der Waals surface area contributed by atoms with E-state index in [-0.39, 0.29) is 11.7 Å². The van der Waals surface area contributed by atoms with Gasteiger partial charge < -0.3 is 10.3 Å². The van der Waals surface area contributed by atoms with Crippen molar-refractivity contribution in [2.45, 2.75) is 6.92 Å². The Kier molecular flexibility index (Phi) is 4.03. The fraction of sp³-hybridized carbons (Fsp3) is 0.0625. The number of nitrogens with one attached hydrogen (secondary N) is 2. The zero-order valence-corrected chi connectivity index (χ0v) is 13.0. The Bertz CT molecular complexity index is 897. The molecule has 2 aromatic heterocycles. The number of pyridine rings is 1. The highest BCUT2D eigenvalue weighted by Gasteiger charge is 2.15. The second-order valence-corrected chi connectivity index (χ2v) is 5.35. The number of hydrogen-bond donors (Lipinski definition) is 2. The first-order chi connectivity index (χ1) is 11.0.